The topological polar surface area (TPSA) is 69.2 Å². The molecule has 0 spiro atoms. The predicted molar refractivity (Wildman–Crippen MR) is 56.3 cm³/mol. The maximum absolute atomic E-state index is 10.8. The molecular formula is C9H5BrN2O3. The SMILES string of the molecule is O=[N+]([O-])c1ccc(Br)cc1-c1ccon1. The molecule has 0 bridgehead atoms. The molecule has 0 saturated heterocycles. The van der Waals surface area contributed by atoms with Gasteiger partial charge in [0.15, 0.2) is 0 Å². The molecule has 5 nitrogen and oxygen atoms in total. The van der Waals surface area contributed by atoms with Gasteiger partial charge in [-0.1, -0.05) is 21.1 Å². The van der Waals surface area contributed by atoms with Crippen LogP contribution in [0, 0.1) is 10.1 Å². The average Bonchev–Trinajstić information content (AvgIpc) is 2.69. The van der Waals surface area contributed by atoms with E-state index in [0.717, 1.165) is 4.47 Å². The molecule has 0 aliphatic carbocycles. The highest BCUT2D eigenvalue weighted by Gasteiger charge is 2.17. The third-order valence-electron chi connectivity index (χ3n) is 1.87. The van der Waals surface area contributed by atoms with Crippen molar-refractivity contribution in [3.8, 4) is 11.3 Å². The Morgan fingerprint density at radius 3 is 2.80 bits per heavy atom. The summed E-state index contributed by atoms with van der Waals surface area (Å²) >= 11 is 3.25. The first-order chi connectivity index (χ1) is 7.18. The third-order valence-corrected chi connectivity index (χ3v) is 2.36. The molecule has 2 aromatic rings. The molecule has 76 valence electrons. The molecule has 2 rings (SSSR count). The number of aromatic nitrogens is 1. The Balaban J connectivity index is 2.63. The van der Waals surface area contributed by atoms with Gasteiger partial charge in [0.05, 0.1) is 10.5 Å². The fraction of sp³-hybridized carbons (Fsp3) is 0. The molecule has 0 atom stereocenters. The quantitative estimate of drug-likeness (QED) is 0.620. The number of hydrogen-bond acceptors (Lipinski definition) is 4. The Morgan fingerprint density at radius 1 is 1.40 bits per heavy atom. The van der Waals surface area contributed by atoms with Crippen molar-refractivity contribution in [2.45, 2.75) is 0 Å². The van der Waals surface area contributed by atoms with Crippen molar-refractivity contribution < 1.29 is 9.45 Å². The summed E-state index contributed by atoms with van der Waals surface area (Å²) in [6, 6.07) is 6.25. The molecule has 1 aromatic heterocycles. The molecule has 0 unspecified atom stereocenters. The van der Waals surface area contributed by atoms with E-state index in [1.807, 2.05) is 0 Å². The first-order valence-corrected chi connectivity index (χ1v) is 4.82. The lowest BCUT2D eigenvalue weighted by atomic mass is 10.1. The van der Waals surface area contributed by atoms with Gasteiger partial charge in [-0.3, -0.25) is 10.1 Å². The zero-order valence-electron chi connectivity index (χ0n) is 7.38. The van der Waals surface area contributed by atoms with E-state index in [1.165, 1.54) is 12.3 Å². The van der Waals surface area contributed by atoms with E-state index in [4.69, 9.17) is 0 Å². The van der Waals surface area contributed by atoms with E-state index in [-0.39, 0.29) is 5.69 Å². The molecule has 1 heterocycles. The van der Waals surface area contributed by atoms with Crippen molar-refractivity contribution in [1.29, 1.82) is 0 Å². The summed E-state index contributed by atoms with van der Waals surface area (Å²) in [5, 5.41) is 14.4. The number of nitro benzene ring substituents is 1. The molecule has 0 radical (unpaired) electrons. The minimum atomic E-state index is -0.448. The summed E-state index contributed by atoms with van der Waals surface area (Å²) in [6.45, 7) is 0. The standard InChI is InChI=1S/C9H5BrN2O3/c10-6-1-2-9(12(13)14)7(5-6)8-3-4-15-11-8/h1-5H. The highest BCUT2D eigenvalue weighted by atomic mass is 79.9. The highest BCUT2D eigenvalue weighted by Crippen LogP contribution is 2.31. The van der Waals surface area contributed by atoms with Crippen molar-refractivity contribution >= 4 is 21.6 Å². The van der Waals surface area contributed by atoms with Crippen LogP contribution in [0.4, 0.5) is 5.69 Å². The number of rotatable bonds is 2. The molecule has 0 fully saturated rings. The van der Waals surface area contributed by atoms with Crippen LogP contribution in [0.5, 0.6) is 0 Å². The largest absolute Gasteiger partial charge is 0.364 e. The van der Waals surface area contributed by atoms with Crippen molar-refractivity contribution in [2.24, 2.45) is 0 Å². The second-order valence-corrected chi connectivity index (χ2v) is 3.72. The Morgan fingerprint density at radius 2 is 2.20 bits per heavy atom. The van der Waals surface area contributed by atoms with Gasteiger partial charge < -0.3 is 4.52 Å². The van der Waals surface area contributed by atoms with Gasteiger partial charge in [0.25, 0.3) is 5.69 Å². The molecule has 1 aromatic carbocycles. The summed E-state index contributed by atoms with van der Waals surface area (Å²) in [5.74, 6) is 0. The molecule has 0 saturated carbocycles. The zero-order chi connectivity index (χ0) is 10.8. The van der Waals surface area contributed by atoms with Crippen LogP contribution in [0.2, 0.25) is 0 Å². The van der Waals surface area contributed by atoms with E-state index in [0.29, 0.717) is 11.3 Å². The number of benzene rings is 1. The summed E-state index contributed by atoms with van der Waals surface area (Å²) in [6.07, 6.45) is 1.37. The van der Waals surface area contributed by atoms with Gasteiger partial charge in [-0.15, -0.1) is 0 Å². The smallest absolute Gasteiger partial charge is 0.278 e. The van der Waals surface area contributed by atoms with Crippen LogP contribution in [0.1, 0.15) is 0 Å². The van der Waals surface area contributed by atoms with E-state index >= 15 is 0 Å². The maximum atomic E-state index is 10.8. The molecule has 0 amide bonds. The second kappa shape index (κ2) is 3.82. The molecule has 6 heteroatoms. The third kappa shape index (κ3) is 1.89. The Kier molecular flexibility index (Phi) is 2.51. The number of hydrogen-bond donors (Lipinski definition) is 0. The summed E-state index contributed by atoms with van der Waals surface area (Å²) in [5.41, 5.74) is 0.887. The fourth-order valence-electron chi connectivity index (χ4n) is 1.22. The van der Waals surface area contributed by atoms with Gasteiger partial charge >= 0.3 is 0 Å². The van der Waals surface area contributed by atoms with Crippen LogP contribution < -0.4 is 0 Å². The zero-order valence-corrected chi connectivity index (χ0v) is 8.97. The Bertz CT molecular complexity index is 496. The monoisotopic (exact) mass is 268 g/mol. The van der Waals surface area contributed by atoms with Gasteiger partial charge in [-0.05, 0) is 12.1 Å². The molecule has 15 heavy (non-hydrogen) atoms. The van der Waals surface area contributed by atoms with Gasteiger partial charge in [-0.25, -0.2) is 0 Å². The van der Waals surface area contributed by atoms with E-state index in [9.17, 15) is 10.1 Å². The van der Waals surface area contributed by atoms with E-state index in [2.05, 4.69) is 25.6 Å². The minimum Gasteiger partial charge on any atom is -0.364 e. The first-order valence-electron chi connectivity index (χ1n) is 4.03. The molecule has 0 aliphatic heterocycles. The van der Waals surface area contributed by atoms with Crippen LogP contribution in [0.3, 0.4) is 0 Å². The summed E-state index contributed by atoms with van der Waals surface area (Å²) in [7, 11) is 0. The fourth-order valence-corrected chi connectivity index (χ4v) is 1.59. The number of nitro groups is 1. The van der Waals surface area contributed by atoms with Crippen molar-refractivity contribution in [3.63, 3.8) is 0 Å². The van der Waals surface area contributed by atoms with Gasteiger partial charge in [0.1, 0.15) is 12.0 Å². The lowest BCUT2D eigenvalue weighted by molar-refractivity contribution is -0.384. The van der Waals surface area contributed by atoms with Gasteiger partial charge in [0, 0.05) is 16.6 Å². The van der Waals surface area contributed by atoms with Crippen LogP contribution >= 0.6 is 15.9 Å². The summed E-state index contributed by atoms with van der Waals surface area (Å²) < 4.78 is 5.41. The molecular weight excluding hydrogens is 264 g/mol. The molecule has 0 N–H and O–H groups in total. The van der Waals surface area contributed by atoms with Crippen LogP contribution in [0.15, 0.2) is 39.5 Å². The maximum Gasteiger partial charge on any atom is 0.278 e. The predicted octanol–water partition coefficient (Wildman–Crippen LogP) is 3.01. The summed E-state index contributed by atoms with van der Waals surface area (Å²) in [4.78, 5) is 10.3. The van der Waals surface area contributed by atoms with Gasteiger partial charge in [0.2, 0.25) is 0 Å². The Labute approximate surface area is 93.0 Å². The van der Waals surface area contributed by atoms with Gasteiger partial charge in [-0.2, -0.15) is 0 Å². The number of nitrogens with zero attached hydrogens (tertiary/aromatic N) is 2. The van der Waals surface area contributed by atoms with Crippen LogP contribution in [-0.2, 0) is 0 Å². The highest BCUT2D eigenvalue weighted by molar-refractivity contribution is 9.10. The Hall–Kier alpha value is -1.69. The lowest BCUT2D eigenvalue weighted by Gasteiger charge is -1.99. The van der Waals surface area contributed by atoms with Crippen molar-refractivity contribution in [2.75, 3.05) is 0 Å². The average molecular weight is 269 g/mol. The second-order valence-electron chi connectivity index (χ2n) is 2.80. The van der Waals surface area contributed by atoms with Crippen LogP contribution in [0.25, 0.3) is 11.3 Å². The van der Waals surface area contributed by atoms with Crippen molar-refractivity contribution in [3.05, 3.63) is 45.1 Å². The van der Waals surface area contributed by atoms with E-state index in [1.54, 1.807) is 18.2 Å². The van der Waals surface area contributed by atoms with E-state index < -0.39 is 4.92 Å². The van der Waals surface area contributed by atoms with Crippen LogP contribution in [-0.4, -0.2) is 10.1 Å². The first kappa shape index (κ1) is 9.85. The van der Waals surface area contributed by atoms with Crippen molar-refractivity contribution in [1.82, 2.24) is 5.16 Å². The normalized spacial score (nSPS) is 10.2. The lowest BCUT2D eigenvalue weighted by Crippen LogP contribution is -1.91. The molecule has 0 aliphatic rings. The minimum absolute atomic E-state index is 0.00657. The number of halogens is 1.